The molecule has 10 heteroatoms. The number of benzene rings is 1. The number of likely N-dealkylation sites (tertiary alicyclic amines) is 1. The third-order valence-corrected chi connectivity index (χ3v) is 9.53. The van der Waals surface area contributed by atoms with Crippen LogP contribution in [0.25, 0.3) is 0 Å². The summed E-state index contributed by atoms with van der Waals surface area (Å²) in [5, 5.41) is -0.620. The van der Waals surface area contributed by atoms with Gasteiger partial charge in [-0.15, -0.1) is 0 Å². The molecule has 0 bridgehead atoms. The van der Waals surface area contributed by atoms with Crippen molar-refractivity contribution in [2.75, 3.05) is 26.2 Å². The van der Waals surface area contributed by atoms with Gasteiger partial charge in [-0.05, 0) is 49.2 Å². The standard InChI is InChI=1S/C20H24N2O6S2/c23-20(21-13-19(14-21)29(24,25)15-17-5-4-12-28-17)16-6-8-18(9-7-16)30(26,27)22-10-2-1-3-11-22/h4-9,12,19H,1-3,10-11,13-15H2. The molecule has 2 fully saturated rings. The summed E-state index contributed by atoms with van der Waals surface area (Å²) in [5.74, 6) is -0.109. The molecule has 4 rings (SSSR count). The van der Waals surface area contributed by atoms with Gasteiger partial charge in [0.25, 0.3) is 5.91 Å². The molecule has 1 aromatic carbocycles. The van der Waals surface area contributed by atoms with E-state index in [9.17, 15) is 21.6 Å². The van der Waals surface area contributed by atoms with Crippen molar-refractivity contribution in [3.8, 4) is 0 Å². The van der Waals surface area contributed by atoms with Crippen LogP contribution >= 0.6 is 0 Å². The molecule has 162 valence electrons. The number of carbonyl (C=O) groups is 1. The predicted octanol–water partition coefficient (Wildman–Crippen LogP) is 1.89. The van der Waals surface area contributed by atoms with Crippen LogP contribution in [0.5, 0.6) is 0 Å². The van der Waals surface area contributed by atoms with E-state index in [1.807, 2.05) is 0 Å². The van der Waals surface area contributed by atoms with Gasteiger partial charge in [-0.2, -0.15) is 4.31 Å². The van der Waals surface area contributed by atoms with Crippen molar-refractivity contribution in [3.63, 3.8) is 0 Å². The van der Waals surface area contributed by atoms with Crippen LogP contribution in [-0.4, -0.2) is 63.4 Å². The van der Waals surface area contributed by atoms with E-state index in [1.54, 1.807) is 12.1 Å². The van der Waals surface area contributed by atoms with Gasteiger partial charge in [0, 0.05) is 31.7 Å². The molecule has 2 aliphatic rings. The Morgan fingerprint density at radius 1 is 0.967 bits per heavy atom. The van der Waals surface area contributed by atoms with E-state index in [0.717, 1.165) is 19.3 Å². The molecule has 8 nitrogen and oxygen atoms in total. The third-order valence-electron chi connectivity index (χ3n) is 5.62. The molecule has 3 heterocycles. The number of amides is 1. The molecular weight excluding hydrogens is 428 g/mol. The summed E-state index contributed by atoms with van der Waals surface area (Å²) in [4.78, 5) is 14.3. The van der Waals surface area contributed by atoms with Crippen molar-refractivity contribution >= 4 is 25.8 Å². The number of hydrogen-bond acceptors (Lipinski definition) is 6. The minimum Gasteiger partial charge on any atom is -0.468 e. The zero-order chi connectivity index (χ0) is 21.4. The van der Waals surface area contributed by atoms with E-state index in [2.05, 4.69) is 0 Å². The number of nitrogens with zero attached hydrogens (tertiary/aromatic N) is 2. The molecule has 0 radical (unpaired) electrons. The van der Waals surface area contributed by atoms with Crippen LogP contribution in [0.3, 0.4) is 0 Å². The normalized spacial score (nSPS) is 18.9. The Morgan fingerprint density at radius 2 is 1.63 bits per heavy atom. The van der Waals surface area contributed by atoms with Crippen molar-refractivity contribution in [1.82, 2.24) is 9.21 Å². The fraction of sp³-hybridized carbons (Fsp3) is 0.450. The van der Waals surface area contributed by atoms with Crippen LogP contribution in [-0.2, 0) is 25.6 Å². The summed E-state index contributed by atoms with van der Waals surface area (Å²) in [6.45, 7) is 1.28. The summed E-state index contributed by atoms with van der Waals surface area (Å²) in [5.41, 5.74) is 0.342. The molecule has 2 saturated heterocycles. The number of sulfonamides is 1. The van der Waals surface area contributed by atoms with Gasteiger partial charge in [-0.1, -0.05) is 6.42 Å². The highest BCUT2D eigenvalue weighted by Gasteiger charge is 2.40. The van der Waals surface area contributed by atoms with Crippen molar-refractivity contribution in [3.05, 3.63) is 54.0 Å². The fourth-order valence-corrected chi connectivity index (χ4v) is 6.88. The Hall–Kier alpha value is -2.17. The smallest absolute Gasteiger partial charge is 0.253 e. The summed E-state index contributed by atoms with van der Waals surface area (Å²) < 4.78 is 56.8. The maximum absolute atomic E-state index is 12.7. The van der Waals surface area contributed by atoms with Gasteiger partial charge in [0.1, 0.15) is 11.5 Å². The van der Waals surface area contributed by atoms with Gasteiger partial charge < -0.3 is 9.32 Å². The molecule has 0 N–H and O–H groups in total. The van der Waals surface area contributed by atoms with E-state index in [4.69, 9.17) is 4.42 Å². The molecule has 1 aromatic heterocycles. The molecule has 0 atom stereocenters. The summed E-state index contributed by atoms with van der Waals surface area (Å²) in [6.07, 6.45) is 4.17. The molecule has 0 unspecified atom stereocenters. The van der Waals surface area contributed by atoms with Crippen LogP contribution < -0.4 is 0 Å². The summed E-state index contributed by atoms with van der Waals surface area (Å²) in [6, 6.07) is 9.12. The van der Waals surface area contributed by atoms with E-state index in [0.29, 0.717) is 24.4 Å². The molecule has 0 spiro atoms. The SMILES string of the molecule is O=C(c1ccc(S(=O)(=O)N2CCCCC2)cc1)N1CC(S(=O)(=O)Cc2ccco2)C1. The number of sulfone groups is 1. The predicted molar refractivity (Wildman–Crippen MR) is 110 cm³/mol. The lowest BCUT2D eigenvalue weighted by molar-refractivity contribution is 0.0658. The Kier molecular flexibility index (Phi) is 5.73. The first kappa shape index (κ1) is 21.1. The lowest BCUT2D eigenvalue weighted by atomic mass is 10.1. The molecule has 30 heavy (non-hydrogen) atoms. The van der Waals surface area contributed by atoms with E-state index >= 15 is 0 Å². The number of piperidine rings is 1. The van der Waals surface area contributed by atoms with E-state index in [-0.39, 0.29) is 29.6 Å². The lowest BCUT2D eigenvalue weighted by Crippen LogP contribution is -2.57. The topological polar surface area (TPSA) is 105 Å². The van der Waals surface area contributed by atoms with Gasteiger partial charge >= 0.3 is 0 Å². The lowest BCUT2D eigenvalue weighted by Gasteiger charge is -2.38. The van der Waals surface area contributed by atoms with Gasteiger partial charge in [0.15, 0.2) is 9.84 Å². The van der Waals surface area contributed by atoms with E-state index in [1.165, 1.54) is 39.7 Å². The quantitative estimate of drug-likeness (QED) is 0.663. The van der Waals surface area contributed by atoms with E-state index < -0.39 is 25.1 Å². The highest BCUT2D eigenvalue weighted by Crippen LogP contribution is 2.24. The highest BCUT2D eigenvalue weighted by molar-refractivity contribution is 7.91. The Labute approximate surface area is 176 Å². The van der Waals surface area contributed by atoms with Crippen LogP contribution in [0.2, 0.25) is 0 Å². The van der Waals surface area contributed by atoms with Crippen molar-refractivity contribution in [1.29, 1.82) is 0 Å². The zero-order valence-electron chi connectivity index (χ0n) is 16.4. The molecular formula is C20H24N2O6S2. The minimum atomic E-state index is -3.55. The average molecular weight is 453 g/mol. The van der Waals surface area contributed by atoms with Crippen LogP contribution in [0.15, 0.2) is 52.0 Å². The fourth-order valence-electron chi connectivity index (χ4n) is 3.75. The molecule has 2 aromatic rings. The maximum Gasteiger partial charge on any atom is 0.253 e. The second-order valence-corrected chi connectivity index (χ2v) is 11.9. The maximum atomic E-state index is 12.7. The molecule has 0 saturated carbocycles. The van der Waals surface area contributed by atoms with Crippen LogP contribution in [0.4, 0.5) is 0 Å². The van der Waals surface area contributed by atoms with Gasteiger partial charge in [0.05, 0.1) is 16.4 Å². The summed E-state index contributed by atoms with van der Waals surface area (Å²) in [7, 11) is -6.96. The number of rotatable bonds is 6. The monoisotopic (exact) mass is 452 g/mol. The molecule has 0 aliphatic carbocycles. The van der Waals surface area contributed by atoms with Crippen molar-refractivity contribution in [2.24, 2.45) is 0 Å². The first-order valence-corrected chi connectivity index (χ1v) is 13.1. The van der Waals surface area contributed by atoms with Gasteiger partial charge in [0.2, 0.25) is 10.0 Å². The van der Waals surface area contributed by atoms with Crippen LogP contribution in [0.1, 0.15) is 35.4 Å². The third kappa shape index (κ3) is 4.17. The van der Waals surface area contributed by atoms with Gasteiger partial charge in [-0.3, -0.25) is 4.79 Å². The highest BCUT2D eigenvalue weighted by atomic mass is 32.2. The zero-order valence-corrected chi connectivity index (χ0v) is 18.1. The average Bonchev–Trinajstić information content (AvgIpc) is 3.19. The Balaban J connectivity index is 1.38. The second kappa shape index (κ2) is 8.16. The largest absolute Gasteiger partial charge is 0.468 e. The second-order valence-electron chi connectivity index (χ2n) is 7.71. The minimum absolute atomic E-state index is 0.121. The Morgan fingerprint density at radius 3 is 2.23 bits per heavy atom. The first-order valence-electron chi connectivity index (χ1n) is 9.91. The van der Waals surface area contributed by atoms with Gasteiger partial charge in [-0.25, -0.2) is 16.8 Å². The molecule has 1 amide bonds. The number of carbonyl (C=O) groups excluding carboxylic acids is 1. The first-order chi connectivity index (χ1) is 14.3. The summed E-state index contributed by atoms with van der Waals surface area (Å²) >= 11 is 0. The number of furan rings is 1. The Bertz CT molecular complexity index is 1100. The van der Waals surface area contributed by atoms with Crippen molar-refractivity contribution < 1.29 is 26.0 Å². The molecule has 2 aliphatic heterocycles. The number of hydrogen-bond donors (Lipinski definition) is 0. The van der Waals surface area contributed by atoms with Crippen molar-refractivity contribution in [2.45, 2.75) is 35.2 Å². The van der Waals surface area contributed by atoms with Crippen LogP contribution in [0, 0.1) is 0 Å².